The molecule has 0 saturated carbocycles. The summed E-state index contributed by atoms with van der Waals surface area (Å²) in [4.78, 5) is 0.901. The third-order valence-corrected chi connectivity index (χ3v) is 3.77. The van der Waals surface area contributed by atoms with Gasteiger partial charge in [-0.05, 0) is 25.7 Å². The average Bonchev–Trinajstić information content (AvgIpc) is 2.37. The van der Waals surface area contributed by atoms with E-state index in [0.717, 1.165) is 30.7 Å². The molecular formula is C15H31NOS. The van der Waals surface area contributed by atoms with Crippen LogP contribution >= 0.6 is 12.2 Å². The van der Waals surface area contributed by atoms with Gasteiger partial charge in [-0.3, -0.25) is 0 Å². The highest BCUT2D eigenvalue weighted by Gasteiger charge is 2.04. The molecule has 0 rings (SSSR count). The Hall–Kier alpha value is -0.150. The minimum Gasteiger partial charge on any atom is -0.393 e. The molecule has 0 aromatic rings. The van der Waals surface area contributed by atoms with Crippen molar-refractivity contribution in [3.05, 3.63) is 0 Å². The molecule has 0 bridgehead atoms. The Labute approximate surface area is 119 Å². The highest BCUT2D eigenvalue weighted by atomic mass is 32.1. The molecule has 1 unspecified atom stereocenters. The van der Waals surface area contributed by atoms with Crippen molar-refractivity contribution in [2.75, 3.05) is 7.05 Å². The number of aliphatic hydroxyl groups excluding tert-OH is 1. The van der Waals surface area contributed by atoms with Gasteiger partial charge in [-0.2, -0.15) is 0 Å². The summed E-state index contributed by atoms with van der Waals surface area (Å²) in [6.07, 6.45) is 12.8. The molecule has 0 heterocycles. The molecule has 0 aliphatic heterocycles. The van der Waals surface area contributed by atoms with E-state index in [1.807, 2.05) is 7.05 Å². The van der Waals surface area contributed by atoms with E-state index in [1.165, 1.54) is 44.9 Å². The summed E-state index contributed by atoms with van der Waals surface area (Å²) >= 11 is 5.07. The van der Waals surface area contributed by atoms with E-state index < -0.39 is 0 Å². The van der Waals surface area contributed by atoms with Crippen molar-refractivity contribution < 1.29 is 5.11 Å². The number of rotatable bonds is 12. The van der Waals surface area contributed by atoms with Crippen LogP contribution in [-0.2, 0) is 0 Å². The van der Waals surface area contributed by atoms with Gasteiger partial charge in [0.1, 0.15) is 0 Å². The average molecular weight is 273 g/mol. The lowest BCUT2D eigenvalue weighted by Crippen LogP contribution is -2.16. The van der Waals surface area contributed by atoms with E-state index >= 15 is 0 Å². The highest BCUT2D eigenvalue weighted by Crippen LogP contribution is 2.12. The van der Waals surface area contributed by atoms with Crippen LogP contribution in [0.25, 0.3) is 0 Å². The van der Waals surface area contributed by atoms with E-state index in [0.29, 0.717) is 0 Å². The summed E-state index contributed by atoms with van der Waals surface area (Å²) in [5.41, 5.74) is 0. The fourth-order valence-electron chi connectivity index (χ4n) is 2.10. The molecule has 2 nitrogen and oxygen atoms in total. The normalized spacial score (nSPS) is 12.4. The van der Waals surface area contributed by atoms with Gasteiger partial charge in [0.2, 0.25) is 0 Å². The van der Waals surface area contributed by atoms with Gasteiger partial charge in [0.25, 0.3) is 0 Å². The van der Waals surface area contributed by atoms with Crippen LogP contribution in [0.3, 0.4) is 0 Å². The third kappa shape index (κ3) is 12.3. The van der Waals surface area contributed by atoms with Gasteiger partial charge in [-0.1, -0.05) is 64.1 Å². The van der Waals surface area contributed by atoms with Crippen LogP contribution in [-0.4, -0.2) is 23.2 Å². The molecular weight excluding hydrogens is 242 g/mol. The zero-order valence-corrected chi connectivity index (χ0v) is 13.0. The Kier molecular flexibility index (Phi) is 13.2. The van der Waals surface area contributed by atoms with Gasteiger partial charge in [0.15, 0.2) is 0 Å². The van der Waals surface area contributed by atoms with Crippen LogP contribution < -0.4 is 5.32 Å². The molecule has 0 fully saturated rings. The van der Waals surface area contributed by atoms with Gasteiger partial charge in [-0.15, -0.1) is 0 Å². The summed E-state index contributed by atoms with van der Waals surface area (Å²) in [6, 6.07) is 0. The SMILES string of the molecule is CCCCCCCCCC(O)CCCC(=S)NC. The largest absolute Gasteiger partial charge is 0.393 e. The first-order chi connectivity index (χ1) is 8.70. The predicted molar refractivity (Wildman–Crippen MR) is 84.1 cm³/mol. The van der Waals surface area contributed by atoms with Crippen LogP contribution in [0.2, 0.25) is 0 Å². The molecule has 0 amide bonds. The highest BCUT2D eigenvalue weighted by molar-refractivity contribution is 7.80. The second kappa shape index (κ2) is 13.3. The standard InChI is InChI=1S/C15H31NOS/c1-3-4-5-6-7-8-9-11-14(17)12-10-13-15(18)16-2/h14,17H,3-13H2,1-2H3,(H,16,18). The van der Waals surface area contributed by atoms with Crippen LogP contribution in [0.15, 0.2) is 0 Å². The number of aliphatic hydroxyl groups is 1. The Bertz CT molecular complexity index is 197. The molecule has 108 valence electrons. The molecule has 0 aromatic carbocycles. The molecule has 0 aliphatic carbocycles. The van der Waals surface area contributed by atoms with Gasteiger partial charge in [0, 0.05) is 7.05 Å². The second-order valence-electron chi connectivity index (χ2n) is 5.13. The maximum atomic E-state index is 9.81. The molecule has 3 heteroatoms. The van der Waals surface area contributed by atoms with E-state index in [2.05, 4.69) is 12.2 Å². The summed E-state index contributed by atoms with van der Waals surface area (Å²) in [7, 11) is 1.86. The molecule has 0 saturated heterocycles. The summed E-state index contributed by atoms with van der Waals surface area (Å²) < 4.78 is 0. The van der Waals surface area contributed by atoms with Crippen molar-refractivity contribution in [1.82, 2.24) is 5.32 Å². The minimum atomic E-state index is -0.125. The van der Waals surface area contributed by atoms with E-state index in [1.54, 1.807) is 0 Å². The van der Waals surface area contributed by atoms with Gasteiger partial charge in [-0.25, -0.2) is 0 Å². The Morgan fingerprint density at radius 2 is 1.56 bits per heavy atom. The minimum absolute atomic E-state index is 0.125. The number of nitrogens with one attached hydrogen (secondary N) is 1. The van der Waals surface area contributed by atoms with Crippen molar-refractivity contribution >= 4 is 17.2 Å². The Morgan fingerprint density at radius 3 is 2.17 bits per heavy atom. The molecule has 0 radical (unpaired) electrons. The first kappa shape index (κ1) is 17.8. The second-order valence-corrected chi connectivity index (χ2v) is 5.62. The predicted octanol–water partition coefficient (Wildman–Crippen LogP) is 4.21. The Morgan fingerprint density at radius 1 is 1.00 bits per heavy atom. The fraction of sp³-hybridized carbons (Fsp3) is 0.933. The van der Waals surface area contributed by atoms with Crippen molar-refractivity contribution in [1.29, 1.82) is 0 Å². The van der Waals surface area contributed by atoms with Crippen molar-refractivity contribution in [3.63, 3.8) is 0 Å². The van der Waals surface area contributed by atoms with E-state index in [9.17, 15) is 5.11 Å². The quantitative estimate of drug-likeness (QED) is 0.413. The lowest BCUT2D eigenvalue weighted by Gasteiger charge is -2.10. The summed E-state index contributed by atoms with van der Waals surface area (Å²) in [5.74, 6) is 0. The van der Waals surface area contributed by atoms with Crippen molar-refractivity contribution in [3.8, 4) is 0 Å². The number of hydrogen-bond acceptors (Lipinski definition) is 2. The number of hydrogen-bond donors (Lipinski definition) is 2. The maximum Gasteiger partial charge on any atom is 0.0750 e. The van der Waals surface area contributed by atoms with Crippen molar-refractivity contribution in [2.24, 2.45) is 0 Å². The fourth-order valence-corrected chi connectivity index (χ4v) is 2.25. The van der Waals surface area contributed by atoms with Crippen LogP contribution in [0, 0.1) is 0 Å². The number of unbranched alkanes of at least 4 members (excludes halogenated alkanes) is 6. The smallest absolute Gasteiger partial charge is 0.0750 e. The molecule has 18 heavy (non-hydrogen) atoms. The Balaban J connectivity index is 3.21. The molecule has 0 aromatic heterocycles. The van der Waals surface area contributed by atoms with Gasteiger partial charge >= 0.3 is 0 Å². The molecule has 0 spiro atoms. The van der Waals surface area contributed by atoms with Crippen molar-refractivity contribution in [2.45, 2.75) is 83.7 Å². The lowest BCUT2D eigenvalue weighted by atomic mass is 10.0. The summed E-state index contributed by atoms with van der Waals surface area (Å²) in [5, 5.41) is 12.8. The third-order valence-electron chi connectivity index (χ3n) is 3.36. The zero-order valence-electron chi connectivity index (χ0n) is 12.2. The monoisotopic (exact) mass is 273 g/mol. The first-order valence-corrected chi connectivity index (χ1v) is 8.00. The van der Waals surface area contributed by atoms with Crippen LogP contribution in [0.5, 0.6) is 0 Å². The van der Waals surface area contributed by atoms with E-state index in [4.69, 9.17) is 12.2 Å². The zero-order chi connectivity index (χ0) is 13.6. The molecule has 2 N–H and O–H groups in total. The van der Waals surface area contributed by atoms with Crippen LogP contribution in [0.4, 0.5) is 0 Å². The van der Waals surface area contributed by atoms with Crippen LogP contribution in [0.1, 0.15) is 77.6 Å². The molecule has 1 atom stereocenters. The topological polar surface area (TPSA) is 32.3 Å². The number of thiocarbonyl (C=S) groups is 1. The first-order valence-electron chi connectivity index (χ1n) is 7.59. The summed E-state index contributed by atoms with van der Waals surface area (Å²) in [6.45, 7) is 2.25. The van der Waals surface area contributed by atoms with Gasteiger partial charge in [0.05, 0.1) is 11.1 Å². The van der Waals surface area contributed by atoms with Gasteiger partial charge < -0.3 is 10.4 Å². The van der Waals surface area contributed by atoms with E-state index in [-0.39, 0.29) is 6.10 Å². The lowest BCUT2D eigenvalue weighted by molar-refractivity contribution is 0.149. The maximum absolute atomic E-state index is 9.81. The molecule has 0 aliphatic rings.